The summed E-state index contributed by atoms with van der Waals surface area (Å²) < 4.78 is 13.0. The molecule has 0 radical (unpaired) electrons. The van der Waals surface area contributed by atoms with Crippen LogP contribution in [0.2, 0.25) is 0 Å². The standard InChI is InChI=1S/C19H23N3O2/c1-6-13-18(20)19-15(23-4)8-7-14(22(19)21-13)17-12(3)9-11(2)10-16(17)24-5/h7-10H,6,20H2,1-5H3. The molecular formula is C19H23N3O2. The summed E-state index contributed by atoms with van der Waals surface area (Å²) in [5.41, 5.74) is 12.9. The fourth-order valence-corrected chi connectivity index (χ4v) is 3.22. The van der Waals surface area contributed by atoms with Gasteiger partial charge in [0.05, 0.1) is 31.3 Å². The van der Waals surface area contributed by atoms with Crippen LogP contribution in [0.15, 0.2) is 24.3 Å². The van der Waals surface area contributed by atoms with Crippen molar-refractivity contribution in [1.29, 1.82) is 0 Å². The molecule has 2 N–H and O–H groups in total. The molecule has 0 spiro atoms. The van der Waals surface area contributed by atoms with Gasteiger partial charge in [0, 0.05) is 5.56 Å². The Morgan fingerprint density at radius 3 is 2.42 bits per heavy atom. The highest BCUT2D eigenvalue weighted by molar-refractivity contribution is 5.84. The number of fused-ring (bicyclic) bond motifs is 1. The number of nitrogens with zero attached hydrogens (tertiary/aromatic N) is 2. The van der Waals surface area contributed by atoms with Crippen molar-refractivity contribution >= 4 is 11.2 Å². The van der Waals surface area contributed by atoms with Gasteiger partial charge in [0.25, 0.3) is 0 Å². The number of aryl methyl sites for hydroxylation is 3. The number of nitrogen functional groups attached to an aromatic ring is 1. The molecule has 0 unspecified atom stereocenters. The van der Waals surface area contributed by atoms with E-state index in [-0.39, 0.29) is 0 Å². The van der Waals surface area contributed by atoms with E-state index in [1.54, 1.807) is 14.2 Å². The van der Waals surface area contributed by atoms with Gasteiger partial charge < -0.3 is 15.2 Å². The largest absolute Gasteiger partial charge is 0.496 e. The third-order valence-corrected chi connectivity index (χ3v) is 4.33. The maximum atomic E-state index is 6.31. The molecule has 24 heavy (non-hydrogen) atoms. The molecule has 0 amide bonds. The number of hydrogen-bond acceptors (Lipinski definition) is 4. The summed E-state index contributed by atoms with van der Waals surface area (Å²) in [5, 5.41) is 4.71. The van der Waals surface area contributed by atoms with Gasteiger partial charge in [0.1, 0.15) is 17.0 Å². The molecule has 2 heterocycles. The molecular weight excluding hydrogens is 302 g/mol. The summed E-state index contributed by atoms with van der Waals surface area (Å²) in [6.45, 7) is 6.18. The minimum atomic E-state index is 0.667. The van der Waals surface area contributed by atoms with Crippen molar-refractivity contribution in [3.63, 3.8) is 0 Å². The van der Waals surface area contributed by atoms with Gasteiger partial charge in [-0.25, -0.2) is 4.52 Å². The number of pyridine rings is 1. The Labute approximate surface area is 142 Å². The molecule has 0 bridgehead atoms. The average Bonchev–Trinajstić information content (AvgIpc) is 2.91. The fourth-order valence-electron chi connectivity index (χ4n) is 3.22. The number of benzene rings is 1. The highest BCUT2D eigenvalue weighted by Gasteiger charge is 2.19. The Hall–Kier alpha value is -2.69. The normalized spacial score (nSPS) is 11.0. The second kappa shape index (κ2) is 6.07. The molecule has 5 heteroatoms. The van der Waals surface area contributed by atoms with Crippen LogP contribution >= 0.6 is 0 Å². The first-order valence-corrected chi connectivity index (χ1v) is 8.01. The van der Waals surface area contributed by atoms with E-state index in [0.717, 1.165) is 45.8 Å². The summed E-state index contributed by atoms with van der Waals surface area (Å²) in [7, 11) is 3.33. The summed E-state index contributed by atoms with van der Waals surface area (Å²) >= 11 is 0. The quantitative estimate of drug-likeness (QED) is 0.793. The first-order valence-electron chi connectivity index (χ1n) is 8.01. The first kappa shape index (κ1) is 16.2. The summed E-state index contributed by atoms with van der Waals surface area (Å²) in [5.74, 6) is 1.54. The zero-order valence-corrected chi connectivity index (χ0v) is 14.8. The van der Waals surface area contributed by atoms with Gasteiger partial charge in [-0.2, -0.15) is 5.10 Å². The summed E-state index contributed by atoms with van der Waals surface area (Å²) in [6.07, 6.45) is 0.764. The molecule has 0 aliphatic heterocycles. The molecule has 3 rings (SSSR count). The average molecular weight is 325 g/mol. The Morgan fingerprint density at radius 1 is 1.08 bits per heavy atom. The van der Waals surface area contributed by atoms with E-state index in [1.807, 2.05) is 29.6 Å². The molecule has 3 aromatic rings. The maximum Gasteiger partial charge on any atom is 0.146 e. The third-order valence-electron chi connectivity index (χ3n) is 4.33. The molecule has 0 saturated carbocycles. The topological polar surface area (TPSA) is 61.8 Å². The zero-order valence-electron chi connectivity index (χ0n) is 14.8. The molecule has 2 aromatic heterocycles. The van der Waals surface area contributed by atoms with E-state index in [0.29, 0.717) is 11.4 Å². The molecule has 0 fully saturated rings. The SMILES string of the molecule is CCc1nn2c(-c3c(C)cc(C)cc3OC)ccc(OC)c2c1N. The van der Waals surface area contributed by atoms with Crippen molar-refractivity contribution in [3.05, 3.63) is 41.1 Å². The number of hydrogen-bond donors (Lipinski definition) is 1. The van der Waals surface area contributed by atoms with Crippen molar-refractivity contribution in [1.82, 2.24) is 9.61 Å². The van der Waals surface area contributed by atoms with Crippen LogP contribution in [-0.4, -0.2) is 23.8 Å². The van der Waals surface area contributed by atoms with E-state index in [2.05, 4.69) is 19.9 Å². The van der Waals surface area contributed by atoms with Crippen molar-refractivity contribution in [2.24, 2.45) is 0 Å². The van der Waals surface area contributed by atoms with Gasteiger partial charge in [0.2, 0.25) is 0 Å². The van der Waals surface area contributed by atoms with E-state index in [1.165, 1.54) is 0 Å². The number of methoxy groups -OCH3 is 2. The van der Waals surface area contributed by atoms with Crippen LogP contribution in [0.1, 0.15) is 23.7 Å². The van der Waals surface area contributed by atoms with Crippen LogP contribution < -0.4 is 15.2 Å². The van der Waals surface area contributed by atoms with Crippen LogP contribution in [0.4, 0.5) is 5.69 Å². The number of anilines is 1. The Morgan fingerprint density at radius 2 is 1.79 bits per heavy atom. The van der Waals surface area contributed by atoms with Crippen LogP contribution in [0, 0.1) is 13.8 Å². The predicted octanol–water partition coefficient (Wildman–Crippen LogP) is 3.78. The predicted molar refractivity (Wildman–Crippen MR) is 97.0 cm³/mol. The van der Waals surface area contributed by atoms with Crippen molar-refractivity contribution in [2.75, 3.05) is 20.0 Å². The summed E-state index contributed by atoms with van der Waals surface area (Å²) in [4.78, 5) is 0. The first-order chi connectivity index (χ1) is 11.5. The number of nitrogens with two attached hydrogens (primary N) is 1. The third kappa shape index (κ3) is 2.37. The summed E-state index contributed by atoms with van der Waals surface area (Å²) in [6, 6.07) is 8.10. The van der Waals surface area contributed by atoms with Crippen LogP contribution in [0.25, 0.3) is 16.8 Å². The molecule has 126 valence electrons. The lowest BCUT2D eigenvalue weighted by molar-refractivity contribution is 0.414. The second-order valence-corrected chi connectivity index (χ2v) is 5.92. The van der Waals surface area contributed by atoms with Gasteiger partial charge in [-0.3, -0.25) is 0 Å². The van der Waals surface area contributed by atoms with Crippen molar-refractivity contribution in [3.8, 4) is 22.8 Å². The van der Waals surface area contributed by atoms with Crippen LogP contribution in [0.3, 0.4) is 0 Å². The van der Waals surface area contributed by atoms with Gasteiger partial charge in [-0.15, -0.1) is 0 Å². The lowest BCUT2D eigenvalue weighted by Gasteiger charge is -2.15. The lowest BCUT2D eigenvalue weighted by atomic mass is 10.0. The van der Waals surface area contributed by atoms with Gasteiger partial charge in [-0.05, 0) is 49.6 Å². The minimum Gasteiger partial charge on any atom is -0.496 e. The van der Waals surface area contributed by atoms with Crippen LogP contribution in [-0.2, 0) is 6.42 Å². The van der Waals surface area contributed by atoms with Crippen molar-refractivity contribution < 1.29 is 9.47 Å². The van der Waals surface area contributed by atoms with Gasteiger partial charge in [0.15, 0.2) is 0 Å². The smallest absolute Gasteiger partial charge is 0.146 e. The van der Waals surface area contributed by atoms with E-state index in [9.17, 15) is 0 Å². The fraction of sp³-hybridized carbons (Fsp3) is 0.316. The molecule has 0 saturated heterocycles. The maximum absolute atomic E-state index is 6.31. The number of rotatable bonds is 4. The Bertz CT molecular complexity index is 913. The van der Waals surface area contributed by atoms with E-state index in [4.69, 9.17) is 20.3 Å². The molecule has 0 aliphatic carbocycles. The Balaban J connectivity index is 2.41. The number of aromatic nitrogens is 2. The number of ether oxygens (including phenoxy) is 2. The van der Waals surface area contributed by atoms with E-state index >= 15 is 0 Å². The molecule has 0 atom stereocenters. The van der Waals surface area contributed by atoms with Gasteiger partial charge >= 0.3 is 0 Å². The second-order valence-electron chi connectivity index (χ2n) is 5.92. The van der Waals surface area contributed by atoms with E-state index < -0.39 is 0 Å². The highest BCUT2D eigenvalue weighted by Crippen LogP contribution is 2.38. The molecule has 5 nitrogen and oxygen atoms in total. The molecule has 1 aromatic carbocycles. The minimum absolute atomic E-state index is 0.667. The monoisotopic (exact) mass is 325 g/mol. The van der Waals surface area contributed by atoms with Crippen molar-refractivity contribution in [2.45, 2.75) is 27.2 Å². The lowest BCUT2D eigenvalue weighted by Crippen LogP contribution is -2.01. The van der Waals surface area contributed by atoms with Gasteiger partial charge in [-0.1, -0.05) is 13.0 Å². The van der Waals surface area contributed by atoms with Crippen LogP contribution in [0.5, 0.6) is 11.5 Å². The highest BCUT2D eigenvalue weighted by atomic mass is 16.5. The Kier molecular flexibility index (Phi) is 4.09. The zero-order chi connectivity index (χ0) is 17.4. The molecule has 0 aliphatic rings.